The lowest BCUT2D eigenvalue weighted by Gasteiger charge is -2.36. The van der Waals surface area contributed by atoms with Gasteiger partial charge < -0.3 is 5.11 Å². The molecule has 3 heteroatoms. The Balaban J connectivity index is 1.64. The monoisotopic (exact) mass is 279 g/mol. The Hall–Kier alpha value is -0.380. The van der Waals surface area contributed by atoms with Gasteiger partial charge in [-0.05, 0) is 50.2 Å². The predicted molar refractivity (Wildman–Crippen MR) is 80.5 cm³/mol. The van der Waals surface area contributed by atoms with Crippen LogP contribution in [0.4, 0.5) is 0 Å². The lowest BCUT2D eigenvalue weighted by molar-refractivity contribution is 0.0316. The Morgan fingerprint density at radius 2 is 1.84 bits per heavy atom. The second kappa shape index (κ2) is 5.55. The molecule has 3 rings (SSSR count). The molecule has 2 bridgehead atoms. The summed E-state index contributed by atoms with van der Waals surface area (Å²) in [4.78, 5) is 5.68. The molecule has 2 aliphatic rings. The van der Waals surface area contributed by atoms with Crippen molar-refractivity contribution in [2.45, 2.75) is 70.7 Å². The van der Waals surface area contributed by atoms with E-state index in [0.29, 0.717) is 12.1 Å². The van der Waals surface area contributed by atoms with Crippen LogP contribution in [0.15, 0.2) is 12.1 Å². The van der Waals surface area contributed by atoms with E-state index in [1.54, 1.807) is 0 Å². The smallest absolute Gasteiger partial charge is 0.0570 e. The molecule has 0 spiro atoms. The Labute approximate surface area is 120 Å². The van der Waals surface area contributed by atoms with Crippen molar-refractivity contribution in [3.63, 3.8) is 0 Å². The molecule has 2 aliphatic heterocycles. The van der Waals surface area contributed by atoms with Crippen molar-refractivity contribution in [2.75, 3.05) is 0 Å². The average molecular weight is 279 g/mol. The van der Waals surface area contributed by atoms with Crippen molar-refractivity contribution in [2.24, 2.45) is 5.92 Å². The summed E-state index contributed by atoms with van der Waals surface area (Å²) in [5.41, 5.74) is 0. The van der Waals surface area contributed by atoms with E-state index in [2.05, 4.69) is 30.9 Å². The van der Waals surface area contributed by atoms with Crippen LogP contribution in [-0.2, 0) is 13.0 Å². The number of rotatable bonds is 4. The van der Waals surface area contributed by atoms with Crippen LogP contribution in [0.3, 0.4) is 0 Å². The van der Waals surface area contributed by atoms with Gasteiger partial charge in [-0.2, -0.15) is 0 Å². The summed E-state index contributed by atoms with van der Waals surface area (Å²) in [6, 6.07) is 5.88. The fourth-order valence-corrected chi connectivity index (χ4v) is 4.94. The van der Waals surface area contributed by atoms with E-state index in [-0.39, 0.29) is 6.10 Å². The molecular formula is C16H25NOS. The van der Waals surface area contributed by atoms with E-state index in [9.17, 15) is 5.11 Å². The fourth-order valence-electron chi connectivity index (χ4n) is 3.70. The minimum absolute atomic E-state index is 0.0476. The maximum absolute atomic E-state index is 9.85. The van der Waals surface area contributed by atoms with Crippen LogP contribution in [-0.4, -0.2) is 28.2 Å². The summed E-state index contributed by atoms with van der Waals surface area (Å²) < 4.78 is 0. The standard InChI is InChI=1S/C16H25NOS/c1-11(2)7-15-5-6-16(19-15)10-17-12-3-4-13(17)9-14(18)8-12/h5-6,11-14,18H,3-4,7-10H2,1-2H3/t12-,13+,14?. The topological polar surface area (TPSA) is 23.5 Å². The van der Waals surface area contributed by atoms with Crippen LogP contribution in [0, 0.1) is 5.92 Å². The van der Waals surface area contributed by atoms with Crippen LogP contribution in [0.5, 0.6) is 0 Å². The van der Waals surface area contributed by atoms with Crippen molar-refractivity contribution < 1.29 is 5.11 Å². The molecule has 1 N–H and O–H groups in total. The number of hydrogen-bond acceptors (Lipinski definition) is 3. The van der Waals surface area contributed by atoms with Gasteiger partial charge in [-0.25, -0.2) is 0 Å². The molecule has 2 nitrogen and oxygen atoms in total. The Morgan fingerprint density at radius 3 is 2.47 bits per heavy atom. The molecule has 19 heavy (non-hydrogen) atoms. The van der Waals surface area contributed by atoms with Crippen LogP contribution < -0.4 is 0 Å². The summed E-state index contributed by atoms with van der Waals surface area (Å²) >= 11 is 1.98. The Morgan fingerprint density at radius 1 is 1.21 bits per heavy atom. The molecule has 1 unspecified atom stereocenters. The Bertz CT molecular complexity index is 414. The van der Waals surface area contributed by atoms with E-state index >= 15 is 0 Å². The summed E-state index contributed by atoms with van der Waals surface area (Å²) in [6.07, 6.45) is 5.70. The summed E-state index contributed by atoms with van der Waals surface area (Å²) in [6.45, 7) is 5.67. The van der Waals surface area contributed by atoms with Gasteiger partial charge in [0, 0.05) is 28.4 Å². The highest BCUT2D eigenvalue weighted by Gasteiger charge is 2.39. The zero-order chi connectivity index (χ0) is 13.4. The normalized spacial score (nSPS) is 31.3. The summed E-state index contributed by atoms with van der Waals surface area (Å²) in [7, 11) is 0. The number of nitrogens with zero attached hydrogens (tertiary/aromatic N) is 1. The largest absolute Gasteiger partial charge is 0.393 e. The molecule has 0 aromatic carbocycles. The van der Waals surface area contributed by atoms with Crippen molar-refractivity contribution in [1.82, 2.24) is 4.90 Å². The first-order valence-corrected chi connectivity index (χ1v) is 8.45. The number of aliphatic hydroxyl groups is 1. The molecule has 0 aliphatic carbocycles. The second-order valence-corrected chi connectivity index (χ2v) is 7.90. The quantitative estimate of drug-likeness (QED) is 0.912. The van der Waals surface area contributed by atoms with Crippen molar-refractivity contribution >= 4 is 11.3 Å². The predicted octanol–water partition coefficient (Wildman–Crippen LogP) is 3.43. The summed E-state index contributed by atoms with van der Waals surface area (Å²) in [5, 5.41) is 9.85. The molecule has 2 fully saturated rings. The van der Waals surface area contributed by atoms with Crippen LogP contribution in [0.25, 0.3) is 0 Å². The van der Waals surface area contributed by atoms with Gasteiger partial charge in [0.1, 0.15) is 0 Å². The van der Waals surface area contributed by atoms with Crippen molar-refractivity contribution in [3.05, 3.63) is 21.9 Å². The van der Waals surface area contributed by atoms with Gasteiger partial charge in [0.25, 0.3) is 0 Å². The number of hydrogen-bond donors (Lipinski definition) is 1. The maximum Gasteiger partial charge on any atom is 0.0570 e. The highest BCUT2D eigenvalue weighted by molar-refractivity contribution is 7.11. The second-order valence-electron chi connectivity index (χ2n) is 6.65. The van der Waals surface area contributed by atoms with E-state index in [0.717, 1.165) is 25.3 Å². The van der Waals surface area contributed by atoms with Crippen LogP contribution in [0.2, 0.25) is 0 Å². The molecule has 1 aromatic rings. The van der Waals surface area contributed by atoms with E-state index in [1.165, 1.54) is 29.0 Å². The zero-order valence-electron chi connectivity index (χ0n) is 12.0. The number of thiophene rings is 1. The highest BCUT2D eigenvalue weighted by Crippen LogP contribution is 2.37. The Kier molecular flexibility index (Phi) is 3.97. The molecule has 3 atom stereocenters. The number of fused-ring (bicyclic) bond motifs is 2. The fraction of sp³-hybridized carbons (Fsp3) is 0.750. The third-order valence-corrected chi connectivity index (χ3v) is 5.62. The van der Waals surface area contributed by atoms with Crippen LogP contribution >= 0.6 is 11.3 Å². The van der Waals surface area contributed by atoms with E-state index in [1.807, 2.05) is 11.3 Å². The van der Waals surface area contributed by atoms with Gasteiger partial charge in [-0.1, -0.05) is 13.8 Å². The van der Waals surface area contributed by atoms with Gasteiger partial charge >= 0.3 is 0 Å². The molecule has 0 amide bonds. The third kappa shape index (κ3) is 3.04. The molecular weight excluding hydrogens is 254 g/mol. The number of aliphatic hydroxyl groups excluding tert-OH is 1. The average Bonchev–Trinajstić information content (AvgIpc) is 2.84. The first-order valence-electron chi connectivity index (χ1n) is 7.63. The third-order valence-electron chi connectivity index (χ3n) is 4.52. The molecule has 0 radical (unpaired) electrons. The van der Waals surface area contributed by atoms with Crippen molar-refractivity contribution in [3.8, 4) is 0 Å². The van der Waals surface area contributed by atoms with Crippen molar-refractivity contribution in [1.29, 1.82) is 0 Å². The first kappa shape index (κ1) is 13.6. The van der Waals surface area contributed by atoms with Gasteiger partial charge in [0.05, 0.1) is 6.10 Å². The molecule has 0 saturated carbocycles. The molecule has 1 aromatic heterocycles. The maximum atomic E-state index is 9.85. The zero-order valence-corrected chi connectivity index (χ0v) is 12.8. The van der Waals surface area contributed by atoms with E-state index in [4.69, 9.17) is 0 Å². The molecule has 106 valence electrons. The lowest BCUT2D eigenvalue weighted by atomic mass is 10.00. The first-order chi connectivity index (χ1) is 9.11. The molecule has 2 saturated heterocycles. The van der Waals surface area contributed by atoms with Gasteiger partial charge in [-0.15, -0.1) is 11.3 Å². The van der Waals surface area contributed by atoms with Gasteiger partial charge in [-0.3, -0.25) is 4.90 Å². The minimum Gasteiger partial charge on any atom is -0.393 e. The SMILES string of the molecule is CC(C)Cc1ccc(CN2[C@@H]3CC[C@H]2CC(O)C3)s1. The highest BCUT2D eigenvalue weighted by atomic mass is 32.1. The van der Waals surface area contributed by atoms with Gasteiger partial charge in [0.15, 0.2) is 0 Å². The number of piperidine rings is 1. The van der Waals surface area contributed by atoms with E-state index < -0.39 is 0 Å². The minimum atomic E-state index is -0.0476. The van der Waals surface area contributed by atoms with Crippen LogP contribution in [0.1, 0.15) is 49.3 Å². The summed E-state index contributed by atoms with van der Waals surface area (Å²) in [5.74, 6) is 0.743. The molecule has 3 heterocycles. The lowest BCUT2D eigenvalue weighted by Crippen LogP contribution is -2.43. The van der Waals surface area contributed by atoms with Gasteiger partial charge in [0.2, 0.25) is 0 Å².